The van der Waals surface area contributed by atoms with Gasteiger partial charge < -0.3 is 14.7 Å². The molecule has 0 aliphatic carbocycles. The number of aromatic nitrogens is 2. The van der Waals surface area contributed by atoms with Gasteiger partial charge in [0.05, 0.1) is 5.69 Å². The summed E-state index contributed by atoms with van der Waals surface area (Å²) in [7, 11) is 0. The highest BCUT2D eigenvalue weighted by Crippen LogP contribution is 2.24. The molecule has 1 aliphatic heterocycles. The Balaban J connectivity index is 1.17. The molecule has 0 spiro atoms. The first-order chi connectivity index (χ1) is 19.5. The summed E-state index contributed by atoms with van der Waals surface area (Å²) in [5, 5.41) is 8.97. The van der Waals surface area contributed by atoms with Crippen molar-refractivity contribution in [3.63, 3.8) is 0 Å². The van der Waals surface area contributed by atoms with Crippen LogP contribution in [0.1, 0.15) is 30.6 Å². The van der Waals surface area contributed by atoms with Crippen LogP contribution in [0, 0.1) is 0 Å². The van der Waals surface area contributed by atoms with Gasteiger partial charge in [0.25, 0.3) is 5.91 Å². The molecule has 0 radical (unpaired) electrons. The quantitative estimate of drug-likeness (QED) is 0.303. The predicted octanol–water partition coefficient (Wildman–Crippen LogP) is 5.40. The fourth-order valence-corrected chi connectivity index (χ4v) is 4.94. The number of nitrogens with zero attached hydrogens (tertiary/aromatic N) is 5. The van der Waals surface area contributed by atoms with E-state index in [1.807, 2.05) is 67.3 Å². The van der Waals surface area contributed by atoms with Crippen LogP contribution in [0.4, 0.5) is 5.82 Å². The van der Waals surface area contributed by atoms with Gasteiger partial charge in [-0.05, 0) is 48.7 Å². The van der Waals surface area contributed by atoms with E-state index in [4.69, 9.17) is 0 Å². The third-order valence-corrected chi connectivity index (χ3v) is 7.60. The normalized spacial score (nSPS) is 14.1. The molecule has 7 heteroatoms. The average Bonchev–Trinajstić information content (AvgIpc) is 3.04. The van der Waals surface area contributed by atoms with Gasteiger partial charge in [0.1, 0.15) is 6.54 Å². The number of carbonyl (C=O) groups is 2. The van der Waals surface area contributed by atoms with Crippen molar-refractivity contribution in [3.05, 3.63) is 103 Å². The molecule has 2 heterocycles. The minimum atomic E-state index is -0.105. The lowest BCUT2D eigenvalue weighted by atomic mass is 10.0. The van der Waals surface area contributed by atoms with E-state index in [1.54, 1.807) is 17.0 Å². The molecule has 2 amide bonds. The molecule has 1 atom stereocenters. The van der Waals surface area contributed by atoms with E-state index >= 15 is 0 Å². The Hall–Kier alpha value is -4.52. The molecule has 3 aromatic carbocycles. The number of anilines is 1. The standard InChI is InChI=1S/C33H35N5O2/c1-3-25(2)38(33(40)29-12-8-5-9-13-29)24-32(39)37-22-20-36(21-23-37)31-19-18-30(34-35-31)28-16-14-27(15-17-28)26-10-6-4-7-11-26/h4-19,25H,3,20-24H2,1-2H3/t25-/m0/s1. The molecule has 0 unspecified atom stereocenters. The minimum absolute atomic E-state index is 0.0235. The van der Waals surface area contributed by atoms with Gasteiger partial charge in [0, 0.05) is 43.3 Å². The van der Waals surface area contributed by atoms with Crippen LogP contribution in [0.25, 0.3) is 22.4 Å². The van der Waals surface area contributed by atoms with Crippen LogP contribution in [-0.4, -0.2) is 70.6 Å². The second-order valence-electron chi connectivity index (χ2n) is 10.1. The lowest BCUT2D eigenvalue weighted by Gasteiger charge is -2.37. The Morgan fingerprint density at radius 2 is 1.35 bits per heavy atom. The molecule has 1 fully saturated rings. The molecule has 204 valence electrons. The van der Waals surface area contributed by atoms with E-state index in [-0.39, 0.29) is 24.4 Å². The zero-order chi connectivity index (χ0) is 27.9. The topological polar surface area (TPSA) is 69.6 Å². The zero-order valence-electron chi connectivity index (χ0n) is 23.1. The van der Waals surface area contributed by atoms with E-state index in [2.05, 4.69) is 51.5 Å². The van der Waals surface area contributed by atoms with Gasteiger partial charge in [-0.3, -0.25) is 9.59 Å². The molecule has 1 saturated heterocycles. The number of rotatable bonds is 8. The maximum Gasteiger partial charge on any atom is 0.254 e. The summed E-state index contributed by atoms with van der Waals surface area (Å²) in [6.45, 7) is 6.61. The van der Waals surface area contributed by atoms with E-state index in [9.17, 15) is 9.59 Å². The van der Waals surface area contributed by atoms with Gasteiger partial charge in [0.2, 0.25) is 5.91 Å². The first-order valence-corrected chi connectivity index (χ1v) is 13.9. The lowest BCUT2D eigenvalue weighted by Crippen LogP contribution is -2.53. The molecule has 4 aromatic rings. The van der Waals surface area contributed by atoms with Crippen molar-refractivity contribution in [3.8, 4) is 22.4 Å². The molecular formula is C33H35N5O2. The Kier molecular flexibility index (Phi) is 8.50. The average molecular weight is 534 g/mol. The second-order valence-corrected chi connectivity index (χ2v) is 10.1. The number of amides is 2. The van der Waals surface area contributed by atoms with E-state index in [0.717, 1.165) is 29.1 Å². The monoisotopic (exact) mass is 533 g/mol. The SMILES string of the molecule is CC[C@H](C)N(CC(=O)N1CCN(c2ccc(-c3ccc(-c4ccccc4)cc3)nn2)CC1)C(=O)c1ccccc1. The van der Waals surface area contributed by atoms with Crippen molar-refractivity contribution < 1.29 is 9.59 Å². The van der Waals surface area contributed by atoms with Crippen LogP contribution in [0.2, 0.25) is 0 Å². The summed E-state index contributed by atoms with van der Waals surface area (Å²) in [6, 6.07) is 31.8. The van der Waals surface area contributed by atoms with E-state index in [0.29, 0.717) is 31.7 Å². The highest BCUT2D eigenvalue weighted by atomic mass is 16.2. The molecule has 1 aromatic heterocycles. The van der Waals surface area contributed by atoms with Gasteiger partial charge in [-0.25, -0.2) is 0 Å². The summed E-state index contributed by atoms with van der Waals surface area (Å²) < 4.78 is 0. The first kappa shape index (κ1) is 27.1. The van der Waals surface area contributed by atoms with Crippen molar-refractivity contribution in [1.29, 1.82) is 0 Å². The Bertz CT molecular complexity index is 1400. The van der Waals surface area contributed by atoms with Gasteiger partial charge in [-0.15, -0.1) is 10.2 Å². The smallest absolute Gasteiger partial charge is 0.254 e. The number of piperazine rings is 1. The van der Waals surface area contributed by atoms with E-state index in [1.165, 1.54) is 5.56 Å². The second kappa shape index (κ2) is 12.6. The van der Waals surface area contributed by atoms with Crippen LogP contribution in [-0.2, 0) is 4.79 Å². The van der Waals surface area contributed by atoms with Crippen LogP contribution in [0.15, 0.2) is 97.1 Å². The number of carbonyl (C=O) groups excluding carboxylic acids is 2. The van der Waals surface area contributed by atoms with Gasteiger partial charge in [0.15, 0.2) is 5.82 Å². The van der Waals surface area contributed by atoms with Crippen LogP contribution >= 0.6 is 0 Å². The fraction of sp³-hybridized carbons (Fsp3) is 0.273. The van der Waals surface area contributed by atoms with Crippen molar-refractivity contribution in [1.82, 2.24) is 20.0 Å². The minimum Gasteiger partial charge on any atom is -0.352 e. The lowest BCUT2D eigenvalue weighted by molar-refractivity contribution is -0.132. The van der Waals surface area contributed by atoms with Crippen molar-refractivity contribution >= 4 is 17.6 Å². The summed E-state index contributed by atoms with van der Waals surface area (Å²) >= 11 is 0. The predicted molar refractivity (Wildman–Crippen MR) is 159 cm³/mol. The maximum atomic E-state index is 13.2. The molecule has 1 aliphatic rings. The van der Waals surface area contributed by atoms with Crippen molar-refractivity contribution in [2.75, 3.05) is 37.6 Å². The van der Waals surface area contributed by atoms with Crippen molar-refractivity contribution in [2.24, 2.45) is 0 Å². The summed E-state index contributed by atoms with van der Waals surface area (Å²) in [5.74, 6) is 0.675. The Morgan fingerprint density at radius 3 is 1.95 bits per heavy atom. The molecule has 0 N–H and O–H groups in total. The van der Waals surface area contributed by atoms with Gasteiger partial charge >= 0.3 is 0 Å². The molecular weight excluding hydrogens is 498 g/mol. The maximum absolute atomic E-state index is 13.2. The van der Waals surface area contributed by atoms with E-state index < -0.39 is 0 Å². The van der Waals surface area contributed by atoms with Crippen LogP contribution in [0.5, 0.6) is 0 Å². The van der Waals surface area contributed by atoms with Gasteiger partial charge in [-0.1, -0.05) is 79.7 Å². The Morgan fingerprint density at radius 1 is 0.750 bits per heavy atom. The highest BCUT2D eigenvalue weighted by Gasteiger charge is 2.28. The molecule has 0 bridgehead atoms. The largest absolute Gasteiger partial charge is 0.352 e. The van der Waals surface area contributed by atoms with Crippen LogP contribution in [0.3, 0.4) is 0 Å². The van der Waals surface area contributed by atoms with Crippen molar-refractivity contribution in [2.45, 2.75) is 26.3 Å². The molecule has 0 saturated carbocycles. The summed E-state index contributed by atoms with van der Waals surface area (Å²) in [4.78, 5) is 32.0. The summed E-state index contributed by atoms with van der Waals surface area (Å²) in [6.07, 6.45) is 0.783. The number of benzene rings is 3. The van der Waals surface area contributed by atoms with Gasteiger partial charge in [-0.2, -0.15) is 0 Å². The first-order valence-electron chi connectivity index (χ1n) is 13.9. The highest BCUT2D eigenvalue weighted by molar-refractivity contribution is 5.96. The Labute approximate surface area is 236 Å². The molecule has 7 nitrogen and oxygen atoms in total. The third-order valence-electron chi connectivity index (χ3n) is 7.60. The molecule has 40 heavy (non-hydrogen) atoms. The molecule has 5 rings (SSSR count). The number of hydrogen-bond acceptors (Lipinski definition) is 5. The number of hydrogen-bond donors (Lipinski definition) is 0. The third kappa shape index (κ3) is 6.20. The summed E-state index contributed by atoms with van der Waals surface area (Å²) in [5.41, 5.74) is 4.80. The zero-order valence-corrected chi connectivity index (χ0v) is 23.1. The van der Waals surface area contributed by atoms with Crippen LogP contribution < -0.4 is 4.90 Å². The fourth-order valence-electron chi connectivity index (χ4n) is 4.94.